The number of anilines is 1. The first-order chi connectivity index (χ1) is 12.7. The highest BCUT2D eigenvalue weighted by Gasteiger charge is 2.19. The van der Waals surface area contributed by atoms with Crippen LogP contribution >= 0.6 is 11.3 Å². The topological polar surface area (TPSA) is 86.8 Å². The molecule has 0 atom stereocenters. The van der Waals surface area contributed by atoms with Gasteiger partial charge in [-0.2, -0.15) is 0 Å². The molecule has 2 aromatic rings. The molecule has 1 fully saturated rings. The summed E-state index contributed by atoms with van der Waals surface area (Å²) in [6.45, 7) is 4.68. The molecule has 1 saturated heterocycles. The number of benzene rings is 1. The molecular weight excluding hydrogens is 348 g/mol. The molecule has 0 bridgehead atoms. The molecule has 3 N–H and O–H groups in total. The molecule has 0 saturated carbocycles. The van der Waals surface area contributed by atoms with E-state index in [0.29, 0.717) is 24.6 Å². The molecule has 2 heterocycles. The van der Waals surface area contributed by atoms with Gasteiger partial charge in [-0.3, -0.25) is 9.79 Å². The van der Waals surface area contributed by atoms with Crippen LogP contribution in [0.25, 0.3) is 0 Å². The van der Waals surface area contributed by atoms with Crippen LogP contribution in [0.4, 0.5) is 5.13 Å². The quantitative estimate of drug-likeness (QED) is 0.455. The van der Waals surface area contributed by atoms with Crippen molar-refractivity contribution in [2.75, 3.05) is 44.2 Å². The number of aromatic nitrogens is 1. The van der Waals surface area contributed by atoms with E-state index in [1.54, 1.807) is 23.5 Å². The SMILES string of the molecule is NC(=NCCCNC(=O)c1ccccc1)N1CCN(c2nccs2)CC1. The minimum atomic E-state index is -0.0548. The number of aliphatic imine (C=N–C) groups is 1. The first-order valence-electron chi connectivity index (χ1n) is 8.76. The second-order valence-electron chi connectivity index (χ2n) is 6.00. The summed E-state index contributed by atoms with van der Waals surface area (Å²) in [5.74, 6) is 0.527. The fourth-order valence-electron chi connectivity index (χ4n) is 2.77. The van der Waals surface area contributed by atoms with Gasteiger partial charge in [-0.25, -0.2) is 4.98 Å². The van der Waals surface area contributed by atoms with E-state index in [1.165, 1.54) is 0 Å². The van der Waals surface area contributed by atoms with E-state index >= 15 is 0 Å². The Balaban J connectivity index is 1.35. The number of nitrogens with zero attached hydrogens (tertiary/aromatic N) is 4. The predicted octanol–water partition coefficient (Wildman–Crippen LogP) is 1.40. The Morgan fingerprint density at radius 3 is 2.69 bits per heavy atom. The average Bonchev–Trinajstić information content (AvgIpc) is 3.23. The molecule has 1 aliphatic heterocycles. The van der Waals surface area contributed by atoms with Crippen LogP contribution in [0.5, 0.6) is 0 Å². The van der Waals surface area contributed by atoms with E-state index in [-0.39, 0.29) is 5.91 Å². The number of carbonyl (C=O) groups is 1. The zero-order valence-electron chi connectivity index (χ0n) is 14.7. The number of nitrogens with one attached hydrogen (secondary N) is 1. The highest BCUT2D eigenvalue weighted by Crippen LogP contribution is 2.18. The van der Waals surface area contributed by atoms with E-state index in [0.717, 1.165) is 37.7 Å². The van der Waals surface area contributed by atoms with Crippen LogP contribution in [0.15, 0.2) is 46.9 Å². The van der Waals surface area contributed by atoms with Crippen LogP contribution in [-0.2, 0) is 0 Å². The second-order valence-corrected chi connectivity index (χ2v) is 6.88. The summed E-state index contributed by atoms with van der Waals surface area (Å²) in [6.07, 6.45) is 2.59. The summed E-state index contributed by atoms with van der Waals surface area (Å²) in [5, 5.41) is 5.96. The van der Waals surface area contributed by atoms with Crippen LogP contribution in [-0.4, -0.2) is 61.0 Å². The third kappa shape index (κ3) is 4.95. The van der Waals surface area contributed by atoms with Gasteiger partial charge in [-0.05, 0) is 18.6 Å². The third-order valence-electron chi connectivity index (χ3n) is 4.22. The molecule has 0 spiro atoms. The van der Waals surface area contributed by atoms with Crippen molar-refractivity contribution in [3.63, 3.8) is 0 Å². The Hall–Kier alpha value is -2.61. The minimum absolute atomic E-state index is 0.0548. The maximum absolute atomic E-state index is 11.9. The molecule has 8 heteroatoms. The van der Waals surface area contributed by atoms with Crippen LogP contribution in [0.3, 0.4) is 0 Å². The van der Waals surface area contributed by atoms with Crippen LogP contribution in [0.2, 0.25) is 0 Å². The maximum atomic E-state index is 11.9. The minimum Gasteiger partial charge on any atom is -0.370 e. The third-order valence-corrected chi connectivity index (χ3v) is 5.06. The van der Waals surface area contributed by atoms with Gasteiger partial charge in [0.1, 0.15) is 0 Å². The fraction of sp³-hybridized carbons (Fsp3) is 0.389. The monoisotopic (exact) mass is 372 g/mol. The number of amides is 1. The average molecular weight is 372 g/mol. The molecule has 26 heavy (non-hydrogen) atoms. The molecule has 1 aliphatic rings. The zero-order valence-corrected chi connectivity index (χ0v) is 15.5. The zero-order chi connectivity index (χ0) is 18.2. The van der Waals surface area contributed by atoms with Gasteiger partial charge in [-0.15, -0.1) is 11.3 Å². The molecule has 3 rings (SSSR count). The maximum Gasteiger partial charge on any atom is 0.251 e. The number of rotatable bonds is 6. The first-order valence-corrected chi connectivity index (χ1v) is 9.64. The van der Waals surface area contributed by atoms with Gasteiger partial charge in [0, 0.05) is 56.4 Å². The van der Waals surface area contributed by atoms with Crippen LogP contribution < -0.4 is 16.0 Å². The summed E-state index contributed by atoms with van der Waals surface area (Å²) >= 11 is 1.66. The molecule has 1 amide bonds. The van der Waals surface area contributed by atoms with Crippen molar-refractivity contribution in [1.82, 2.24) is 15.2 Å². The molecular formula is C18H24N6OS. The van der Waals surface area contributed by atoms with Crippen LogP contribution in [0.1, 0.15) is 16.8 Å². The lowest BCUT2D eigenvalue weighted by Crippen LogP contribution is -2.51. The first kappa shape index (κ1) is 18.2. The normalized spacial score (nSPS) is 15.2. The Morgan fingerprint density at radius 2 is 2.00 bits per heavy atom. The fourth-order valence-corrected chi connectivity index (χ4v) is 3.46. The Morgan fingerprint density at radius 1 is 1.23 bits per heavy atom. The highest BCUT2D eigenvalue weighted by atomic mass is 32.1. The van der Waals surface area contributed by atoms with Crippen molar-refractivity contribution in [3.8, 4) is 0 Å². The van der Waals surface area contributed by atoms with Crippen LogP contribution in [0, 0.1) is 0 Å². The molecule has 1 aromatic heterocycles. The van der Waals surface area contributed by atoms with Gasteiger partial charge in [0.05, 0.1) is 0 Å². The van der Waals surface area contributed by atoms with Gasteiger partial charge in [0.25, 0.3) is 5.91 Å². The van der Waals surface area contributed by atoms with E-state index in [1.807, 2.05) is 29.8 Å². The lowest BCUT2D eigenvalue weighted by Gasteiger charge is -2.35. The van der Waals surface area contributed by atoms with E-state index in [2.05, 4.69) is 25.1 Å². The number of nitrogens with two attached hydrogens (primary N) is 1. The van der Waals surface area contributed by atoms with Gasteiger partial charge < -0.3 is 20.9 Å². The Kier molecular flexibility index (Phi) is 6.43. The van der Waals surface area contributed by atoms with E-state index in [4.69, 9.17) is 5.73 Å². The molecule has 0 radical (unpaired) electrons. The number of piperazine rings is 1. The van der Waals surface area contributed by atoms with Crippen molar-refractivity contribution in [2.24, 2.45) is 10.7 Å². The van der Waals surface area contributed by atoms with Gasteiger partial charge in [0.15, 0.2) is 11.1 Å². The number of hydrogen-bond acceptors (Lipinski definition) is 5. The lowest BCUT2D eigenvalue weighted by atomic mass is 10.2. The van der Waals surface area contributed by atoms with Crippen molar-refractivity contribution >= 4 is 28.3 Å². The second kappa shape index (κ2) is 9.19. The molecule has 0 unspecified atom stereocenters. The smallest absolute Gasteiger partial charge is 0.251 e. The Labute approximate surface area is 157 Å². The molecule has 138 valence electrons. The number of hydrogen-bond donors (Lipinski definition) is 2. The van der Waals surface area contributed by atoms with E-state index in [9.17, 15) is 4.79 Å². The summed E-state index contributed by atoms with van der Waals surface area (Å²) in [7, 11) is 0. The summed E-state index contributed by atoms with van der Waals surface area (Å²) < 4.78 is 0. The summed E-state index contributed by atoms with van der Waals surface area (Å²) in [6, 6.07) is 9.21. The Bertz CT molecular complexity index is 711. The van der Waals surface area contributed by atoms with Gasteiger partial charge >= 0.3 is 0 Å². The van der Waals surface area contributed by atoms with E-state index < -0.39 is 0 Å². The highest BCUT2D eigenvalue weighted by molar-refractivity contribution is 7.13. The number of guanidine groups is 1. The molecule has 1 aromatic carbocycles. The predicted molar refractivity (Wildman–Crippen MR) is 106 cm³/mol. The van der Waals surface area contributed by atoms with Crippen molar-refractivity contribution in [2.45, 2.75) is 6.42 Å². The van der Waals surface area contributed by atoms with Gasteiger partial charge in [-0.1, -0.05) is 18.2 Å². The van der Waals surface area contributed by atoms with Crippen molar-refractivity contribution < 1.29 is 4.79 Å². The molecule has 0 aliphatic carbocycles. The number of thiazole rings is 1. The summed E-state index contributed by atoms with van der Waals surface area (Å²) in [5.41, 5.74) is 6.78. The lowest BCUT2D eigenvalue weighted by molar-refractivity contribution is 0.0953. The largest absolute Gasteiger partial charge is 0.370 e. The standard InChI is InChI=1S/C18H24N6OS/c19-17(23-10-12-24(13-11-23)18-22-9-14-26-18)21-8-4-7-20-16(25)15-5-2-1-3-6-15/h1-3,5-6,9,14H,4,7-8,10-13H2,(H2,19,21)(H,20,25). The number of carbonyl (C=O) groups excluding carboxylic acids is 1. The van der Waals surface area contributed by atoms with Crippen molar-refractivity contribution in [3.05, 3.63) is 47.5 Å². The molecule has 7 nitrogen and oxygen atoms in total. The summed E-state index contributed by atoms with van der Waals surface area (Å²) in [4.78, 5) is 25.1. The van der Waals surface area contributed by atoms with Crippen molar-refractivity contribution in [1.29, 1.82) is 0 Å². The van der Waals surface area contributed by atoms with Gasteiger partial charge in [0.2, 0.25) is 0 Å².